The summed E-state index contributed by atoms with van der Waals surface area (Å²) in [6, 6.07) is 1.69. The fourth-order valence-corrected chi connectivity index (χ4v) is 1.59. The molecule has 5 heteroatoms. The standard InChI is InChI=1S/C8H8N2O2S/c1-5-9-7(4-13-5)8-2-6(3-11)10-12-8/h2,4,11H,3H2,1H3. The van der Waals surface area contributed by atoms with Gasteiger partial charge in [-0.2, -0.15) is 0 Å². The van der Waals surface area contributed by atoms with Crippen LogP contribution < -0.4 is 0 Å². The molecule has 0 aromatic carbocycles. The molecule has 0 bridgehead atoms. The van der Waals surface area contributed by atoms with Gasteiger partial charge in [0.1, 0.15) is 11.4 Å². The van der Waals surface area contributed by atoms with E-state index in [0.717, 1.165) is 10.7 Å². The maximum atomic E-state index is 8.76. The minimum absolute atomic E-state index is 0.105. The van der Waals surface area contributed by atoms with E-state index in [4.69, 9.17) is 9.63 Å². The molecule has 2 rings (SSSR count). The van der Waals surface area contributed by atoms with E-state index in [2.05, 4.69) is 10.1 Å². The lowest BCUT2D eigenvalue weighted by molar-refractivity contribution is 0.267. The Morgan fingerprint density at radius 1 is 1.62 bits per heavy atom. The van der Waals surface area contributed by atoms with E-state index in [1.165, 1.54) is 0 Å². The van der Waals surface area contributed by atoms with Gasteiger partial charge < -0.3 is 9.63 Å². The van der Waals surface area contributed by atoms with Crippen molar-refractivity contribution in [2.75, 3.05) is 0 Å². The van der Waals surface area contributed by atoms with Crippen molar-refractivity contribution in [3.8, 4) is 11.5 Å². The van der Waals surface area contributed by atoms with Crippen molar-refractivity contribution in [1.29, 1.82) is 0 Å². The largest absolute Gasteiger partial charge is 0.390 e. The maximum absolute atomic E-state index is 8.76. The summed E-state index contributed by atoms with van der Waals surface area (Å²) in [4.78, 5) is 4.23. The second-order valence-electron chi connectivity index (χ2n) is 2.59. The fraction of sp³-hybridized carbons (Fsp3) is 0.250. The van der Waals surface area contributed by atoms with Crippen LogP contribution in [0.3, 0.4) is 0 Å². The molecule has 0 amide bonds. The molecule has 2 heterocycles. The highest BCUT2D eigenvalue weighted by Crippen LogP contribution is 2.21. The monoisotopic (exact) mass is 196 g/mol. The number of rotatable bonds is 2. The second kappa shape index (κ2) is 3.27. The highest BCUT2D eigenvalue weighted by molar-refractivity contribution is 7.09. The summed E-state index contributed by atoms with van der Waals surface area (Å²) in [7, 11) is 0. The molecule has 0 aliphatic rings. The van der Waals surface area contributed by atoms with Gasteiger partial charge in [-0.15, -0.1) is 11.3 Å². The van der Waals surface area contributed by atoms with Crippen LogP contribution in [0.5, 0.6) is 0 Å². The Morgan fingerprint density at radius 2 is 2.46 bits per heavy atom. The predicted octanol–water partition coefficient (Wildman–Crippen LogP) is 1.60. The molecule has 0 unspecified atom stereocenters. The fourth-order valence-electron chi connectivity index (χ4n) is 0.984. The van der Waals surface area contributed by atoms with Crippen LogP contribution in [0.1, 0.15) is 10.7 Å². The van der Waals surface area contributed by atoms with Crippen LogP contribution in [0, 0.1) is 6.92 Å². The molecule has 2 aromatic rings. The Kier molecular flexibility index (Phi) is 2.12. The van der Waals surface area contributed by atoms with Crippen LogP contribution >= 0.6 is 11.3 Å². The molecular formula is C8H8N2O2S. The molecule has 1 N–H and O–H groups in total. The van der Waals surface area contributed by atoms with Crippen LogP contribution in [-0.2, 0) is 6.61 Å². The number of aliphatic hydroxyl groups is 1. The predicted molar refractivity (Wildman–Crippen MR) is 48.3 cm³/mol. The zero-order chi connectivity index (χ0) is 9.26. The first-order valence-electron chi connectivity index (χ1n) is 3.78. The maximum Gasteiger partial charge on any atom is 0.186 e. The highest BCUT2D eigenvalue weighted by atomic mass is 32.1. The summed E-state index contributed by atoms with van der Waals surface area (Å²) in [5.41, 5.74) is 1.30. The lowest BCUT2D eigenvalue weighted by Crippen LogP contribution is -1.78. The van der Waals surface area contributed by atoms with E-state index in [1.807, 2.05) is 12.3 Å². The third kappa shape index (κ3) is 1.61. The first-order valence-corrected chi connectivity index (χ1v) is 4.66. The van der Waals surface area contributed by atoms with E-state index in [1.54, 1.807) is 17.4 Å². The van der Waals surface area contributed by atoms with Gasteiger partial charge in [0.15, 0.2) is 5.76 Å². The summed E-state index contributed by atoms with van der Waals surface area (Å²) in [5.74, 6) is 0.605. The number of aromatic nitrogens is 2. The average Bonchev–Trinajstić information content (AvgIpc) is 2.71. The van der Waals surface area contributed by atoms with Crippen LogP contribution in [0.4, 0.5) is 0 Å². The van der Waals surface area contributed by atoms with E-state index in [-0.39, 0.29) is 6.61 Å². The topological polar surface area (TPSA) is 59.2 Å². The molecule has 0 saturated carbocycles. The van der Waals surface area contributed by atoms with Crippen molar-refractivity contribution in [1.82, 2.24) is 10.1 Å². The average molecular weight is 196 g/mol. The van der Waals surface area contributed by atoms with Crippen molar-refractivity contribution in [3.05, 3.63) is 22.1 Å². The highest BCUT2D eigenvalue weighted by Gasteiger charge is 2.08. The van der Waals surface area contributed by atoms with Crippen molar-refractivity contribution in [2.45, 2.75) is 13.5 Å². The molecule has 0 radical (unpaired) electrons. The lowest BCUT2D eigenvalue weighted by Gasteiger charge is -1.83. The van der Waals surface area contributed by atoms with Gasteiger partial charge in [-0.1, -0.05) is 5.16 Å². The Labute approximate surface area is 78.8 Å². The Bertz CT molecular complexity index is 408. The zero-order valence-electron chi connectivity index (χ0n) is 7.02. The summed E-state index contributed by atoms with van der Waals surface area (Å²) in [6.45, 7) is 1.82. The van der Waals surface area contributed by atoms with E-state index in [0.29, 0.717) is 11.5 Å². The molecule has 0 aliphatic heterocycles. The van der Waals surface area contributed by atoms with E-state index < -0.39 is 0 Å². The number of hydrogen-bond donors (Lipinski definition) is 1. The Morgan fingerprint density at radius 3 is 3.00 bits per heavy atom. The second-order valence-corrected chi connectivity index (χ2v) is 3.65. The van der Waals surface area contributed by atoms with Crippen LogP contribution in [0.2, 0.25) is 0 Å². The van der Waals surface area contributed by atoms with Crippen molar-refractivity contribution in [2.24, 2.45) is 0 Å². The van der Waals surface area contributed by atoms with Crippen molar-refractivity contribution in [3.63, 3.8) is 0 Å². The van der Waals surface area contributed by atoms with Gasteiger partial charge >= 0.3 is 0 Å². The summed E-state index contributed by atoms with van der Waals surface area (Å²) in [5, 5.41) is 15.3. The molecule has 2 aromatic heterocycles. The summed E-state index contributed by atoms with van der Waals surface area (Å²) >= 11 is 1.55. The Balaban J connectivity index is 2.35. The third-order valence-corrected chi connectivity index (χ3v) is 2.37. The number of hydrogen-bond acceptors (Lipinski definition) is 5. The first kappa shape index (κ1) is 8.40. The van der Waals surface area contributed by atoms with E-state index in [9.17, 15) is 0 Å². The quantitative estimate of drug-likeness (QED) is 0.792. The van der Waals surface area contributed by atoms with Gasteiger partial charge in [0.05, 0.1) is 11.6 Å². The van der Waals surface area contributed by atoms with Gasteiger partial charge in [0.2, 0.25) is 0 Å². The van der Waals surface area contributed by atoms with E-state index >= 15 is 0 Å². The minimum atomic E-state index is -0.105. The van der Waals surface area contributed by atoms with Crippen molar-refractivity contribution < 1.29 is 9.63 Å². The van der Waals surface area contributed by atoms with Gasteiger partial charge in [0, 0.05) is 11.4 Å². The smallest absolute Gasteiger partial charge is 0.186 e. The number of nitrogens with zero attached hydrogens (tertiary/aromatic N) is 2. The first-order chi connectivity index (χ1) is 6.29. The van der Waals surface area contributed by atoms with Gasteiger partial charge in [-0.3, -0.25) is 0 Å². The van der Waals surface area contributed by atoms with Crippen molar-refractivity contribution >= 4 is 11.3 Å². The molecule has 0 atom stereocenters. The molecule has 68 valence electrons. The van der Waals surface area contributed by atoms with Crippen LogP contribution in [0.15, 0.2) is 16.0 Å². The normalized spacial score (nSPS) is 10.6. The number of aliphatic hydroxyl groups excluding tert-OH is 1. The number of aryl methyl sites for hydroxylation is 1. The molecule has 0 saturated heterocycles. The molecule has 4 nitrogen and oxygen atoms in total. The van der Waals surface area contributed by atoms with Gasteiger partial charge in [0.25, 0.3) is 0 Å². The zero-order valence-corrected chi connectivity index (χ0v) is 7.84. The van der Waals surface area contributed by atoms with Gasteiger partial charge in [-0.05, 0) is 6.92 Å². The molecule has 0 fully saturated rings. The molecular weight excluding hydrogens is 188 g/mol. The third-order valence-electron chi connectivity index (χ3n) is 1.59. The van der Waals surface area contributed by atoms with Crippen LogP contribution in [0.25, 0.3) is 11.5 Å². The SMILES string of the molecule is Cc1nc(-c2cc(CO)no2)cs1. The van der Waals surface area contributed by atoms with Gasteiger partial charge in [-0.25, -0.2) is 4.98 Å². The molecule has 13 heavy (non-hydrogen) atoms. The van der Waals surface area contributed by atoms with Crippen LogP contribution in [-0.4, -0.2) is 15.2 Å². The lowest BCUT2D eigenvalue weighted by atomic mass is 10.3. The molecule has 0 spiro atoms. The summed E-state index contributed by atoms with van der Waals surface area (Å²) in [6.07, 6.45) is 0. The summed E-state index contributed by atoms with van der Waals surface area (Å²) < 4.78 is 4.99. The molecule has 0 aliphatic carbocycles. The Hall–Kier alpha value is -1.20. The minimum Gasteiger partial charge on any atom is -0.390 e. The number of thiazole rings is 1.